The van der Waals surface area contributed by atoms with Crippen molar-refractivity contribution in [3.8, 4) is 0 Å². The van der Waals surface area contributed by atoms with Gasteiger partial charge in [-0.15, -0.1) is 11.3 Å². The SMILES string of the molecule is CCNC(c1ccc(F)c(Cl)c1)c1cnc(C(F)(F)F)s1. The van der Waals surface area contributed by atoms with Crippen molar-refractivity contribution < 1.29 is 17.6 Å². The van der Waals surface area contributed by atoms with Crippen molar-refractivity contribution in [2.24, 2.45) is 0 Å². The van der Waals surface area contributed by atoms with E-state index in [1.807, 2.05) is 6.92 Å². The fourth-order valence-corrected chi connectivity index (χ4v) is 2.91. The standard InChI is InChI=1S/C13H11ClF4N2S/c1-2-19-11(7-3-4-9(15)8(14)5-7)10-6-20-12(21-10)13(16,17)18/h3-6,11,19H,2H2,1H3. The van der Waals surface area contributed by atoms with Gasteiger partial charge in [-0.05, 0) is 24.2 Å². The lowest BCUT2D eigenvalue weighted by molar-refractivity contribution is -0.137. The van der Waals surface area contributed by atoms with Crippen LogP contribution in [0.2, 0.25) is 5.02 Å². The zero-order valence-electron chi connectivity index (χ0n) is 10.8. The topological polar surface area (TPSA) is 24.9 Å². The molecule has 0 bridgehead atoms. The van der Waals surface area contributed by atoms with Crippen LogP contribution in [0.25, 0.3) is 0 Å². The quantitative estimate of drug-likeness (QED) is 0.821. The molecule has 0 aliphatic carbocycles. The number of halogens is 5. The number of thiazole rings is 1. The van der Waals surface area contributed by atoms with Gasteiger partial charge in [0.25, 0.3) is 0 Å². The minimum atomic E-state index is -4.47. The smallest absolute Gasteiger partial charge is 0.306 e. The molecular formula is C13H11ClF4N2S. The van der Waals surface area contributed by atoms with Gasteiger partial charge in [0, 0.05) is 11.1 Å². The average molecular weight is 339 g/mol. The third-order valence-corrected chi connectivity index (χ3v) is 4.13. The molecule has 2 rings (SSSR count). The molecule has 2 aromatic rings. The second-order valence-electron chi connectivity index (χ2n) is 4.23. The first-order chi connectivity index (χ1) is 9.82. The first-order valence-corrected chi connectivity index (χ1v) is 7.23. The van der Waals surface area contributed by atoms with Crippen LogP contribution in [0.4, 0.5) is 17.6 Å². The molecule has 0 spiro atoms. The molecule has 114 valence electrons. The fraction of sp³-hybridized carbons (Fsp3) is 0.308. The Balaban J connectivity index is 2.38. The highest BCUT2D eigenvalue weighted by molar-refractivity contribution is 7.11. The summed E-state index contributed by atoms with van der Waals surface area (Å²) < 4.78 is 51.1. The van der Waals surface area contributed by atoms with Gasteiger partial charge in [0.05, 0.1) is 11.1 Å². The molecule has 1 aromatic heterocycles. The summed E-state index contributed by atoms with van der Waals surface area (Å²) in [6.07, 6.45) is -3.29. The maximum absolute atomic E-state index is 13.2. The van der Waals surface area contributed by atoms with E-state index in [-0.39, 0.29) is 5.02 Å². The first-order valence-electron chi connectivity index (χ1n) is 6.04. The summed E-state index contributed by atoms with van der Waals surface area (Å²) in [5, 5.41) is 2.07. The van der Waals surface area contributed by atoms with Gasteiger partial charge in [0.1, 0.15) is 5.82 Å². The van der Waals surface area contributed by atoms with Crippen molar-refractivity contribution in [1.29, 1.82) is 0 Å². The van der Waals surface area contributed by atoms with Crippen LogP contribution in [0.3, 0.4) is 0 Å². The van der Waals surface area contributed by atoms with Crippen molar-refractivity contribution in [3.63, 3.8) is 0 Å². The predicted octanol–water partition coefficient (Wildman–Crippen LogP) is 4.65. The number of nitrogens with zero attached hydrogens (tertiary/aromatic N) is 1. The van der Waals surface area contributed by atoms with Crippen molar-refractivity contribution in [1.82, 2.24) is 10.3 Å². The van der Waals surface area contributed by atoms with Crippen LogP contribution in [-0.2, 0) is 6.18 Å². The number of hydrogen-bond acceptors (Lipinski definition) is 3. The van der Waals surface area contributed by atoms with Gasteiger partial charge in [0.2, 0.25) is 0 Å². The summed E-state index contributed by atoms with van der Waals surface area (Å²) in [7, 11) is 0. The van der Waals surface area contributed by atoms with Gasteiger partial charge in [-0.25, -0.2) is 9.37 Å². The Kier molecular flexibility index (Phi) is 4.85. The highest BCUT2D eigenvalue weighted by Crippen LogP contribution is 2.36. The Hall–Kier alpha value is -1.18. The molecule has 1 atom stereocenters. The van der Waals surface area contributed by atoms with Crippen LogP contribution < -0.4 is 5.32 Å². The van der Waals surface area contributed by atoms with Crippen molar-refractivity contribution >= 4 is 22.9 Å². The third-order valence-electron chi connectivity index (χ3n) is 2.74. The Labute approximate surface area is 127 Å². The van der Waals surface area contributed by atoms with Crippen LogP contribution in [0.5, 0.6) is 0 Å². The lowest BCUT2D eigenvalue weighted by Crippen LogP contribution is -2.21. The zero-order valence-corrected chi connectivity index (χ0v) is 12.4. The van der Waals surface area contributed by atoms with Crippen LogP contribution >= 0.6 is 22.9 Å². The second kappa shape index (κ2) is 6.29. The molecule has 1 heterocycles. The molecule has 0 aliphatic rings. The maximum atomic E-state index is 13.2. The summed E-state index contributed by atoms with van der Waals surface area (Å²) in [6, 6.07) is 3.56. The predicted molar refractivity (Wildman–Crippen MR) is 74.0 cm³/mol. The summed E-state index contributed by atoms with van der Waals surface area (Å²) in [5.74, 6) is -0.573. The number of aromatic nitrogens is 1. The van der Waals surface area contributed by atoms with Crippen LogP contribution in [-0.4, -0.2) is 11.5 Å². The number of benzene rings is 1. The minimum absolute atomic E-state index is 0.0732. The number of hydrogen-bond donors (Lipinski definition) is 1. The Morgan fingerprint density at radius 1 is 1.38 bits per heavy atom. The van der Waals surface area contributed by atoms with Crippen molar-refractivity contribution in [2.45, 2.75) is 19.1 Å². The molecule has 0 saturated carbocycles. The van der Waals surface area contributed by atoms with E-state index in [2.05, 4.69) is 10.3 Å². The van der Waals surface area contributed by atoms with E-state index in [1.165, 1.54) is 24.4 Å². The van der Waals surface area contributed by atoms with Crippen molar-refractivity contribution in [2.75, 3.05) is 6.54 Å². The van der Waals surface area contributed by atoms with E-state index in [4.69, 9.17) is 11.6 Å². The largest absolute Gasteiger partial charge is 0.443 e. The van der Waals surface area contributed by atoms with E-state index in [9.17, 15) is 17.6 Å². The van der Waals surface area contributed by atoms with Gasteiger partial charge in [-0.1, -0.05) is 24.6 Å². The van der Waals surface area contributed by atoms with Gasteiger partial charge in [0.15, 0.2) is 5.01 Å². The van der Waals surface area contributed by atoms with Gasteiger partial charge in [-0.3, -0.25) is 0 Å². The molecule has 0 fully saturated rings. The second-order valence-corrected chi connectivity index (χ2v) is 5.70. The Bertz CT molecular complexity index is 627. The molecular weight excluding hydrogens is 328 g/mol. The third kappa shape index (κ3) is 3.72. The molecule has 0 radical (unpaired) electrons. The normalized spacial score (nSPS) is 13.4. The van der Waals surface area contributed by atoms with E-state index in [0.29, 0.717) is 28.3 Å². The lowest BCUT2D eigenvalue weighted by atomic mass is 10.1. The van der Waals surface area contributed by atoms with E-state index >= 15 is 0 Å². The Morgan fingerprint density at radius 2 is 2.10 bits per heavy atom. The fourth-order valence-electron chi connectivity index (χ4n) is 1.83. The summed E-state index contributed by atoms with van der Waals surface area (Å²) in [4.78, 5) is 3.80. The molecule has 1 N–H and O–H groups in total. The van der Waals surface area contributed by atoms with Gasteiger partial charge >= 0.3 is 6.18 Å². The molecule has 0 amide bonds. The monoisotopic (exact) mass is 338 g/mol. The number of alkyl halides is 3. The first kappa shape index (κ1) is 16.2. The van der Waals surface area contributed by atoms with Gasteiger partial charge in [-0.2, -0.15) is 13.2 Å². The summed E-state index contributed by atoms with van der Waals surface area (Å²) >= 11 is 6.29. The van der Waals surface area contributed by atoms with E-state index < -0.39 is 23.0 Å². The molecule has 0 aliphatic heterocycles. The average Bonchev–Trinajstić information content (AvgIpc) is 2.89. The molecule has 8 heteroatoms. The van der Waals surface area contributed by atoms with Crippen LogP contribution in [0.1, 0.15) is 28.4 Å². The molecule has 1 aromatic carbocycles. The van der Waals surface area contributed by atoms with Crippen molar-refractivity contribution in [3.05, 3.63) is 50.7 Å². The van der Waals surface area contributed by atoms with Gasteiger partial charge < -0.3 is 5.32 Å². The molecule has 21 heavy (non-hydrogen) atoms. The van der Waals surface area contributed by atoms with E-state index in [1.54, 1.807) is 0 Å². The molecule has 2 nitrogen and oxygen atoms in total. The van der Waals surface area contributed by atoms with Crippen LogP contribution in [0.15, 0.2) is 24.4 Å². The zero-order chi connectivity index (χ0) is 15.6. The highest BCUT2D eigenvalue weighted by atomic mass is 35.5. The molecule has 1 unspecified atom stereocenters. The molecule has 0 saturated heterocycles. The Morgan fingerprint density at radius 3 is 2.62 bits per heavy atom. The summed E-state index contributed by atoms with van der Waals surface area (Å²) in [5.41, 5.74) is 0.584. The highest BCUT2D eigenvalue weighted by Gasteiger charge is 2.35. The number of nitrogens with one attached hydrogen (secondary N) is 1. The lowest BCUT2D eigenvalue weighted by Gasteiger charge is -2.17. The summed E-state index contributed by atoms with van der Waals surface area (Å²) in [6.45, 7) is 2.35. The maximum Gasteiger partial charge on any atom is 0.443 e. The van der Waals surface area contributed by atoms with Crippen LogP contribution in [0, 0.1) is 5.82 Å². The number of rotatable bonds is 4. The minimum Gasteiger partial charge on any atom is -0.306 e. The van der Waals surface area contributed by atoms with E-state index in [0.717, 1.165) is 0 Å².